The van der Waals surface area contributed by atoms with Crippen molar-refractivity contribution < 1.29 is 0 Å². The Morgan fingerprint density at radius 3 is 0.804 bits per heavy atom. The molecule has 0 aromatic heterocycles. The molecule has 0 aliphatic heterocycles. The van der Waals surface area contributed by atoms with Gasteiger partial charge in [-0.05, 0) is 364 Å². The van der Waals surface area contributed by atoms with E-state index in [1.54, 1.807) is 0 Å². The van der Waals surface area contributed by atoms with Crippen LogP contribution in [0, 0.1) is 13.8 Å². The van der Waals surface area contributed by atoms with E-state index in [2.05, 4.69) is 572 Å². The summed E-state index contributed by atoms with van der Waals surface area (Å²) in [6.45, 7) is 4.39. The third-order valence-electron chi connectivity index (χ3n) is 30.8. The minimum Gasteiger partial charge on any atom is -0.0622 e. The lowest BCUT2D eigenvalue weighted by Gasteiger charge is -2.20. The van der Waals surface area contributed by atoms with Gasteiger partial charge in [-0.1, -0.05) is 503 Å². The molecule has 0 saturated heterocycles. The van der Waals surface area contributed by atoms with E-state index in [-0.39, 0.29) is 0 Å². The zero-order chi connectivity index (χ0) is 98.2. The van der Waals surface area contributed by atoms with E-state index in [9.17, 15) is 0 Å². The second-order valence-electron chi connectivity index (χ2n) is 39.6. The van der Waals surface area contributed by atoms with Gasteiger partial charge < -0.3 is 0 Å². The summed E-state index contributed by atoms with van der Waals surface area (Å²) in [5.41, 5.74) is 32.5. The Balaban J connectivity index is 0.000000110. The van der Waals surface area contributed by atoms with Crippen LogP contribution in [0.3, 0.4) is 0 Å². The molecule has 0 amide bonds. The Morgan fingerprint density at radius 1 is 0.0946 bits per heavy atom. The van der Waals surface area contributed by atoms with E-state index < -0.39 is 0 Å². The zero-order valence-electron chi connectivity index (χ0n) is 82.1. The molecule has 0 heterocycles. The molecular formula is C148H98. The lowest BCUT2D eigenvalue weighted by molar-refractivity contribution is 1.51. The maximum atomic E-state index is 2.42. The molecule has 690 valence electrons. The summed E-state index contributed by atoms with van der Waals surface area (Å²) in [5.74, 6) is 0. The van der Waals surface area contributed by atoms with Crippen molar-refractivity contribution in [3.05, 3.63) is 569 Å². The predicted molar refractivity (Wildman–Crippen MR) is 639 cm³/mol. The van der Waals surface area contributed by atoms with Crippen molar-refractivity contribution in [3.8, 4) is 134 Å². The predicted octanol–water partition coefficient (Wildman–Crippen LogP) is 41.8. The Labute approximate surface area is 861 Å². The van der Waals surface area contributed by atoms with Crippen molar-refractivity contribution in [2.45, 2.75) is 13.8 Å². The summed E-state index contributed by atoms with van der Waals surface area (Å²) >= 11 is 0. The summed E-state index contributed by atoms with van der Waals surface area (Å²) in [6.07, 6.45) is 0. The topological polar surface area (TPSA) is 0 Å². The van der Waals surface area contributed by atoms with E-state index in [4.69, 9.17) is 0 Å². The summed E-state index contributed by atoms with van der Waals surface area (Å²) in [4.78, 5) is 0. The van der Waals surface area contributed by atoms with Gasteiger partial charge in [0.15, 0.2) is 0 Å². The molecule has 29 aromatic carbocycles. The minimum absolute atomic E-state index is 1.22. The van der Waals surface area contributed by atoms with Crippen LogP contribution >= 0.6 is 0 Å². The molecule has 0 atom stereocenters. The lowest BCUT2D eigenvalue weighted by atomic mass is 9.83. The number of hydrogen-bond acceptors (Lipinski definition) is 0. The molecule has 0 aliphatic carbocycles. The van der Waals surface area contributed by atoms with Gasteiger partial charge in [0.1, 0.15) is 0 Å². The summed E-state index contributed by atoms with van der Waals surface area (Å²) in [7, 11) is 0. The molecule has 29 rings (SSSR count). The Hall–Kier alpha value is -19.0. The Kier molecular flexibility index (Phi) is 22.2. The molecule has 0 fully saturated rings. The molecule has 0 radical (unpaired) electrons. The smallest absolute Gasteiger partial charge is 0.00199 e. The van der Waals surface area contributed by atoms with Crippen molar-refractivity contribution in [2.75, 3.05) is 0 Å². The van der Waals surface area contributed by atoms with Crippen LogP contribution in [-0.4, -0.2) is 0 Å². The van der Waals surface area contributed by atoms with Gasteiger partial charge in [-0.3, -0.25) is 0 Å². The minimum atomic E-state index is 1.22. The Morgan fingerprint density at radius 2 is 0.358 bits per heavy atom. The van der Waals surface area contributed by atoms with Gasteiger partial charge in [-0.2, -0.15) is 0 Å². The number of rotatable bonds is 12. The quantitative estimate of drug-likeness (QED) is 0.107. The van der Waals surface area contributed by atoms with Crippen LogP contribution in [0.4, 0.5) is 0 Å². The van der Waals surface area contributed by atoms with Crippen LogP contribution in [0.25, 0.3) is 284 Å². The summed E-state index contributed by atoms with van der Waals surface area (Å²) in [5, 5.41) is 35.4. The van der Waals surface area contributed by atoms with E-state index >= 15 is 0 Å². The highest BCUT2D eigenvalue weighted by molar-refractivity contribution is 6.28. The fourth-order valence-corrected chi connectivity index (χ4v) is 23.9. The van der Waals surface area contributed by atoms with E-state index in [1.165, 1.54) is 295 Å². The van der Waals surface area contributed by atoms with Crippen molar-refractivity contribution >= 4 is 151 Å². The first-order valence-corrected chi connectivity index (χ1v) is 51.5. The fraction of sp³-hybridized carbons (Fsp3) is 0.0135. The van der Waals surface area contributed by atoms with Crippen molar-refractivity contribution in [3.63, 3.8) is 0 Å². The van der Waals surface area contributed by atoms with E-state index in [0.29, 0.717) is 0 Å². The van der Waals surface area contributed by atoms with Crippen molar-refractivity contribution in [1.82, 2.24) is 0 Å². The summed E-state index contributed by atoms with van der Waals surface area (Å²) in [6, 6.07) is 206. The van der Waals surface area contributed by atoms with Gasteiger partial charge in [0.25, 0.3) is 0 Å². The van der Waals surface area contributed by atoms with Gasteiger partial charge in [-0.15, -0.1) is 0 Å². The molecule has 0 bridgehead atoms. The average Bonchev–Trinajstić information content (AvgIpc) is 0.734. The van der Waals surface area contributed by atoms with E-state index in [0.717, 1.165) is 0 Å². The maximum Gasteiger partial charge on any atom is -0.00199 e. The lowest BCUT2D eigenvalue weighted by Crippen LogP contribution is -1.93. The van der Waals surface area contributed by atoms with Gasteiger partial charge in [-0.25, -0.2) is 0 Å². The van der Waals surface area contributed by atoms with Crippen LogP contribution in [0.5, 0.6) is 0 Å². The first-order valence-electron chi connectivity index (χ1n) is 51.5. The van der Waals surface area contributed by atoms with Gasteiger partial charge in [0.05, 0.1) is 0 Å². The monoisotopic (exact) mass is 1870 g/mol. The SMILES string of the molecule is Cc1cc(-c2ccc(-c3c4ccccc4c(-c4ccccc4)c4ccccc34)c3ccc(-c4ccc5ccccc5c4)cc23)cc2ccccc12.Cc1ccc2cc(-c3ccc(-c4c5ccccc5c(-c5ccccc5)c5ccccc45)c4ccc(-c5ccc6ccccc6c5)cc34)ccc2c1.c1ccc(-c2cccc(-c3c4ccccc4c(-c4cc(-c5ccc6ccccc6c5)cc5ccccc45)c4ccccc34)c2)cc1. The number of hydrogen-bond donors (Lipinski definition) is 0. The highest BCUT2D eigenvalue weighted by Gasteiger charge is 2.26. The molecule has 0 aliphatic rings. The number of benzene rings is 29. The van der Waals surface area contributed by atoms with Gasteiger partial charge in [0.2, 0.25) is 0 Å². The van der Waals surface area contributed by atoms with Crippen molar-refractivity contribution in [2.24, 2.45) is 0 Å². The highest BCUT2D eigenvalue weighted by Crippen LogP contribution is 2.53. The molecule has 0 heteroatoms. The van der Waals surface area contributed by atoms with Crippen LogP contribution < -0.4 is 0 Å². The standard InChI is InChI=1S/2C51H34.C46H30/c1-33-19-20-38-31-41(24-23-37(38)29-33)42-27-28-48(43-26-25-40(32-49(42)43)39-22-21-34-11-5-6-14-36(34)30-39)51-46-17-9-7-15-44(46)50(35-12-3-2-4-13-35)45-16-8-10-18-47(45)51;1-33-29-40(31-39-17-7-8-18-41(33)39)42-27-28-48(43-26-25-38(32-49(42)43)37-24-23-34-13-5-6-16-36(34)30-37)51-46-21-11-9-19-44(46)50(35-14-3-2-4-15-35)45-20-10-12-22-47(45)51;1-2-13-31(14-3-1)34-18-12-19-37(28-34)45-40-21-8-10-23-42(40)46(43-24-11-9-22-41(43)45)44-30-38(29-36-17-6-7-20-39(36)44)35-26-25-32-15-4-5-16-33(32)27-35/h2*2-32H,1H3;1-30H. The van der Waals surface area contributed by atoms with Crippen LogP contribution in [-0.2, 0) is 0 Å². The molecule has 148 heavy (non-hydrogen) atoms. The third kappa shape index (κ3) is 15.8. The molecule has 0 saturated carbocycles. The second kappa shape index (κ2) is 37.4. The van der Waals surface area contributed by atoms with Gasteiger partial charge >= 0.3 is 0 Å². The van der Waals surface area contributed by atoms with Crippen LogP contribution in [0.2, 0.25) is 0 Å². The largest absolute Gasteiger partial charge is 0.0622 e. The van der Waals surface area contributed by atoms with Crippen LogP contribution in [0.15, 0.2) is 558 Å². The maximum absolute atomic E-state index is 2.42. The molecule has 0 nitrogen and oxygen atoms in total. The zero-order valence-corrected chi connectivity index (χ0v) is 82.1. The normalized spacial score (nSPS) is 11.6. The second-order valence-corrected chi connectivity index (χ2v) is 39.6. The third-order valence-corrected chi connectivity index (χ3v) is 30.8. The Bertz CT molecular complexity index is 10200. The first kappa shape index (κ1) is 88.0. The molecule has 29 aromatic rings. The molecule has 0 unspecified atom stereocenters. The summed E-state index contributed by atoms with van der Waals surface area (Å²) < 4.78 is 0. The highest BCUT2D eigenvalue weighted by atomic mass is 14.3. The first-order chi connectivity index (χ1) is 73.2. The van der Waals surface area contributed by atoms with E-state index in [1.807, 2.05) is 0 Å². The number of aryl methyl sites for hydroxylation is 2. The average molecular weight is 1880 g/mol. The van der Waals surface area contributed by atoms with Crippen LogP contribution in [0.1, 0.15) is 11.1 Å². The fourth-order valence-electron chi connectivity index (χ4n) is 23.9. The molecular weight excluding hydrogens is 1780 g/mol. The van der Waals surface area contributed by atoms with Gasteiger partial charge in [0, 0.05) is 0 Å². The molecule has 0 spiro atoms. The van der Waals surface area contributed by atoms with Crippen molar-refractivity contribution in [1.29, 1.82) is 0 Å². The number of fused-ring (bicyclic) bond motifs is 14. The molecule has 0 N–H and O–H groups in total.